The van der Waals surface area contributed by atoms with Crippen molar-refractivity contribution in [1.82, 2.24) is 10.6 Å². The number of phosphoric ester groups is 1. The third-order valence-corrected chi connectivity index (χ3v) is 3.91. The van der Waals surface area contributed by atoms with Gasteiger partial charge in [0.1, 0.15) is 6.04 Å². The molecule has 15 heteroatoms. The van der Waals surface area contributed by atoms with Crippen molar-refractivity contribution in [2.75, 3.05) is 32.1 Å². The number of aliphatic hydroxyl groups excluding tert-OH is 2. The topological polar surface area (TPSA) is 229 Å². The first-order valence-electron chi connectivity index (χ1n) is 8.31. The third kappa shape index (κ3) is 15.3. The van der Waals surface area contributed by atoms with Gasteiger partial charge in [0.05, 0.1) is 13.2 Å². The minimum absolute atomic E-state index is 0.00169. The molecule has 0 heterocycles. The molecule has 0 aliphatic carbocycles. The van der Waals surface area contributed by atoms with Crippen molar-refractivity contribution in [3.63, 3.8) is 0 Å². The summed E-state index contributed by atoms with van der Waals surface area (Å²) < 4.78 is 15.4. The highest BCUT2D eigenvalue weighted by atomic mass is 32.1. The summed E-state index contributed by atoms with van der Waals surface area (Å²) in [6.45, 7) is 2.19. The number of rotatable bonds is 12. The van der Waals surface area contributed by atoms with E-state index in [2.05, 4.69) is 27.8 Å². The second kappa shape index (κ2) is 14.7. The van der Waals surface area contributed by atoms with Crippen LogP contribution in [0.1, 0.15) is 20.3 Å². The zero-order chi connectivity index (χ0) is 23.3. The van der Waals surface area contributed by atoms with Gasteiger partial charge >= 0.3 is 13.8 Å². The van der Waals surface area contributed by atoms with E-state index in [1.807, 2.05) is 0 Å². The molecule has 0 bridgehead atoms. The van der Waals surface area contributed by atoms with Gasteiger partial charge in [-0.05, 0) is 0 Å². The standard InChI is InChI=1S/C11H23N2O7PS.C3H7NO3/c1-11(2,7-14)9(20-21(17,18)19)10(16)13-4-3-8(15)12-5-6-22;4-2(1-5)3(6)7/h9,14,22H,3-7H2,1-2H3,(H,12,15)(H,13,16)(H2,17,18,19);2,5H,1,4H2,(H,6,7)/t9-;2-/m00/s1. The molecule has 0 spiro atoms. The van der Waals surface area contributed by atoms with Crippen molar-refractivity contribution >= 4 is 38.2 Å². The molecule has 0 aliphatic rings. The maximum Gasteiger partial charge on any atom is 0.470 e. The van der Waals surface area contributed by atoms with Crippen LogP contribution in [0.25, 0.3) is 0 Å². The second-order valence-corrected chi connectivity index (χ2v) is 8.00. The van der Waals surface area contributed by atoms with Crippen LogP contribution in [0.3, 0.4) is 0 Å². The number of amides is 2. The number of hydrogen-bond acceptors (Lipinski definition) is 9. The van der Waals surface area contributed by atoms with Gasteiger partial charge < -0.3 is 41.5 Å². The van der Waals surface area contributed by atoms with Crippen molar-refractivity contribution in [2.24, 2.45) is 11.1 Å². The maximum absolute atomic E-state index is 12.0. The first kappa shape index (κ1) is 29.9. The Kier molecular flexibility index (Phi) is 15.2. The normalized spacial score (nSPS) is 13.5. The van der Waals surface area contributed by atoms with Gasteiger partial charge in [0.25, 0.3) is 0 Å². The van der Waals surface area contributed by atoms with Crippen molar-refractivity contribution in [1.29, 1.82) is 0 Å². The summed E-state index contributed by atoms with van der Waals surface area (Å²) in [4.78, 5) is 50.7. The lowest BCUT2D eigenvalue weighted by molar-refractivity contribution is -0.139. The zero-order valence-electron chi connectivity index (χ0n) is 16.1. The number of phosphoric acid groups is 1. The van der Waals surface area contributed by atoms with Gasteiger partial charge in [0.15, 0.2) is 6.10 Å². The van der Waals surface area contributed by atoms with E-state index >= 15 is 0 Å². The molecular formula is C14H30N3O10PS. The summed E-state index contributed by atoms with van der Waals surface area (Å²) in [5.41, 5.74) is 3.56. The molecule has 2 amide bonds. The molecule has 0 unspecified atom stereocenters. The lowest BCUT2D eigenvalue weighted by atomic mass is 9.87. The van der Waals surface area contributed by atoms with Gasteiger partial charge in [-0.25, -0.2) is 4.57 Å². The van der Waals surface area contributed by atoms with Crippen LogP contribution >= 0.6 is 20.5 Å². The largest absolute Gasteiger partial charge is 0.480 e. The molecule has 0 rings (SSSR count). The fraction of sp³-hybridized carbons (Fsp3) is 0.786. The third-order valence-electron chi connectivity index (χ3n) is 3.20. The fourth-order valence-corrected chi connectivity index (χ4v) is 2.29. The van der Waals surface area contributed by atoms with E-state index in [9.17, 15) is 24.1 Å². The Balaban J connectivity index is 0. The number of carboxylic acids is 1. The second-order valence-electron chi connectivity index (χ2n) is 6.36. The fourth-order valence-electron chi connectivity index (χ4n) is 1.52. The van der Waals surface area contributed by atoms with Crippen molar-refractivity contribution in [2.45, 2.75) is 32.4 Å². The lowest BCUT2D eigenvalue weighted by Crippen LogP contribution is -2.47. The van der Waals surface area contributed by atoms with E-state index in [1.54, 1.807) is 0 Å². The molecule has 9 N–H and O–H groups in total. The van der Waals surface area contributed by atoms with Gasteiger partial charge in [-0.3, -0.25) is 18.9 Å². The Bertz CT molecular complexity index is 572. The van der Waals surface area contributed by atoms with E-state index in [1.165, 1.54) is 13.8 Å². The van der Waals surface area contributed by atoms with E-state index in [0.29, 0.717) is 12.3 Å². The summed E-state index contributed by atoms with van der Waals surface area (Å²) in [6, 6.07) is -1.13. The number of aliphatic carboxylic acids is 1. The average Bonchev–Trinajstić information content (AvgIpc) is 2.63. The Morgan fingerprint density at radius 3 is 2.07 bits per heavy atom. The Morgan fingerprint density at radius 2 is 1.72 bits per heavy atom. The maximum atomic E-state index is 12.0. The summed E-state index contributed by atoms with van der Waals surface area (Å²) in [5, 5.41) is 30.0. The Labute approximate surface area is 173 Å². The quantitative estimate of drug-likeness (QED) is 0.108. The highest BCUT2D eigenvalue weighted by molar-refractivity contribution is 7.80. The average molecular weight is 463 g/mol. The van der Waals surface area contributed by atoms with Gasteiger partial charge in [-0.2, -0.15) is 12.6 Å². The van der Waals surface area contributed by atoms with E-state index < -0.39 is 50.5 Å². The monoisotopic (exact) mass is 463 g/mol. The van der Waals surface area contributed by atoms with Crippen LogP contribution in [0.4, 0.5) is 0 Å². The Morgan fingerprint density at radius 1 is 1.17 bits per heavy atom. The molecule has 172 valence electrons. The molecule has 13 nitrogen and oxygen atoms in total. The van der Waals surface area contributed by atoms with Gasteiger partial charge in [0.2, 0.25) is 11.8 Å². The first-order valence-corrected chi connectivity index (χ1v) is 10.5. The summed E-state index contributed by atoms with van der Waals surface area (Å²) in [5.74, 6) is -1.80. The summed E-state index contributed by atoms with van der Waals surface area (Å²) in [6.07, 6.45) is -1.55. The van der Waals surface area contributed by atoms with Crippen LogP contribution in [0.2, 0.25) is 0 Å². The van der Waals surface area contributed by atoms with E-state index in [4.69, 9.17) is 25.7 Å². The zero-order valence-corrected chi connectivity index (χ0v) is 17.9. The molecule has 0 aromatic carbocycles. The number of nitrogens with one attached hydrogen (secondary N) is 2. The van der Waals surface area contributed by atoms with Gasteiger partial charge in [-0.15, -0.1) is 0 Å². The van der Waals surface area contributed by atoms with Crippen LogP contribution in [0.5, 0.6) is 0 Å². The van der Waals surface area contributed by atoms with Crippen molar-refractivity contribution in [3.05, 3.63) is 0 Å². The predicted molar refractivity (Wildman–Crippen MR) is 105 cm³/mol. The molecule has 2 atom stereocenters. The van der Waals surface area contributed by atoms with Gasteiger partial charge in [-0.1, -0.05) is 13.8 Å². The molecule has 0 aromatic rings. The predicted octanol–water partition coefficient (Wildman–Crippen LogP) is -2.57. The number of carboxylic acid groups (broad SMARTS) is 1. The highest BCUT2D eigenvalue weighted by Crippen LogP contribution is 2.41. The molecule has 0 saturated carbocycles. The van der Waals surface area contributed by atoms with Crippen molar-refractivity contribution < 1.29 is 48.6 Å². The molecule has 0 radical (unpaired) electrons. The SMILES string of the molecule is CC(C)(CO)[C@@H](OP(=O)(O)O)C(=O)NCCC(=O)NCCS.N[C@@H](CO)C(=O)O. The summed E-state index contributed by atoms with van der Waals surface area (Å²) in [7, 11) is -4.91. The Hall–Kier alpha value is -1.25. The van der Waals surface area contributed by atoms with Crippen LogP contribution in [-0.4, -0.2) is 87.1 Å². The van der Waals surface area contributed by atoms with Gasteiger partial charge in [0, 0.05) is 30.7 Å². The molecular weight excluding hydrogens is 433 g/mol. The molecule has 0 fully saturated rings. The molecule has 0 aliphatic heterocycles. The number of hydrogen-bond donors (Lipinski definition) is 9. The number of thiol groups is 1. The summed E-state index contributed by atoms with van der Waals surface area (Å²) >= 11 is 3.93. The highest BCUT2D eigenvalue weighted by Gasteiger charge is 2.40. The molecule has 29 heavy (non-hydrogen) atoms. The number of carbonyl (C=O) groups excluding carboxylic acids is 2. The van der Waals surface area contributed by atoms with Crippen molar-refractivity contribution in [3.8, 4) is 0 Å². The van der Waals surface area contributed by atoms with Crippen LogP contribution in [0.15, 0.2) is 0 Å². The minimum atomic E-state index is -4.91. The van der Waals surface area contributed by atoms with Crippen LogP contribution in [0, 0.1) is 5.41 Å². The number of nitrogens with two attached hydrogens (primary N) is 1. The smallest absolute Gasteiger partial charge is 0.470 e. The van der Waals surface area contributed by atoms with Crippen LogP contribution < -0.4 is 16.4 Å². The van der Waals surface area contributed by atoms with E-state index in [0.717, 1.165) is 0 Å². The first-order chi connectivity index (χ1) is 13.2. The van der Waals surface area contributed by atoms with E-state index in [-0.39, 0.29) is 18.9 Å². The number of carbonyl (C=O) groups is 3. The lowest BCUT2D eigenvalue weighted by Gasteiger charge is -2.31. The van der Waals surface area contributed by atoms with Crippen LogP contribution in [-0.2, 0) is 23.5 Å². The molecule has 0 saturated heterocycles. The molecule has 0 aromatic heterocycles. The number of aliphatic hydroxyl groups is 2. The minimum Gasteiger partial charge on any atom is -0.480 e.